The third-order valence-electron chi connectivity index (χ3n) is 4.57. The summed E-state index contributed by atoms with van der Waals surface area (Å²) in [5.74, 6) is -0.257. The standard InChI is InChI=1S/C18H23N3O4S/c1-3-20-11-16(10-19-20)17-13-26(23,24)9-8-21(17)18(22)15-6-4-14(5-7-15)12-25-2/h4-7,10-11,17H,3,8-9,12-13H2,1-2H3/t17-/m0/s1. The van der Waals surface area contributed by atoms with Crippen LogP contribution in [0, 0.1) is 0 Å². The number of aromatic nitrogens is 2. The van der Waals surface area contributed by atoms with Gasteiger partial charge in [-0.25, -0.2) is 8.42 Å². The van der Waals surface area contributed by atoms with E-state index >= 15 is 0 Å². The van der Waals surface area contributed by atoms with Gasteiger partial charge in [0, 0.05) is 37.5 Å². The Balaban J connectivity index is 1.88. The molecular formula is C18H23N3O4S. The van der Waals surface area contributed by atoms with Crippen molar-refractivity contribution in [1.29, 1.82) is 0 Å². The summed E-state index contributed by atoms with van der Waals surface area (Å²) in [6.07, 6.45) is 3.46. The highest BCUT2D eigenvalue weighted by atomic mass is 32.2. The van der Waals surface area contributed by atoms with Crippen LogP contribution in [-0.4, -0.2) is 54.2 Å². The maximum atomic E-state index is 13.0. The van der Waals surface area contributed by atoms with Gasteiger partial charge < -0.3 is 9.64 Å². The molecule has 0 N–H and O–H groups in total. The fourth-order valence-electron chi connectivity index (χ4n) is 3.13. The highest BCUT2D eigenvalue weighted by Crippen LogP contribution is 2.28. The maximum Gasteiger partial charge on any atom is 0.254 e. The molecule has 0 unspecified atom stereocenters. The van der Waals surface area contributed by atoms with Crippen LogP contribution in [0.1, 0.15) is 34.5 Å². The number of benzene rings is 1. The summed E-state index contributed by atoms with van der Waals surface area (Å²) < 4.78 is 31.1. The molecule has 2 aromatic rings. The van der Waals surface area contributed by atoms with Crippen molar-refractivity contribution in [2.24, 2.45) is 0 Å². The van der Waals surface area contributed by atoms with Crippen molar-refractivity contribution in [3.8, 4) is 0 Å². The number of methoxy groups -OCH3 is 1. The lowest BCUT2D eigenvalue weighted by Gasteiger charge is -2.35. The van der Waals surface area contributed by atoms with Crippen molar-refractivity contribution < 1.29 is 17.9 Å². The molecule has 1 aliphatic heterocycles. The van der Waals surface area contributed by atoms with Gasteiger partial charge in [0.05, 0.1) is 30.4 Å². The predicted octanol–water partition coefficient (Wildman–Crippen LogP) is 1.66. The molecule has 0 spiro atoms. The van der Waals surface area contributed by atoms with E-state index in [4.69, 9.17) is 4.74 Å². The quantitative estimate of drug-likeness (QED) is 0.792. The Morgan fingerprint density at radius 1 is 1.31 bits per heavy atom. The van der Waals surface area contributed by atoms with E-state index in [0.29, 0.717) is 18.7 Å². The van der Waals surface area contributed by atoms with Gasteiger partial charge >= 0.3 is 0 Å². The van der Waals surface area contributed by atoms with Crippen molar-refractivity contribution in [1.82, 2.24) is 14.7 Å². The SMILES string of the molecule is CCn1cc([C@@H]2CS(=O)(=O)CCN2C(=O)c2ccc(COC)cc2)cn1. The largest absolute Gasteiger partial charge is 0.380 e. The Labute approximate surface area is 153 Å². The van der Waals surface area contributed by atoms with Gasteiger partial charge in [-0.05, 0) is 24.6 Å². The van der Waals surface area contributed by atoms with Gasteiger partial charge in [0.15, 0.2) is 9.84 Å². The zero-order valence-corrected chi connectivity index (χ0v) is 15.8. The fourth-order valence-corrected chi connectivity index (χ4v) is 4.62. The number of hydrogen-bond acceptors (Lipinski definition) is 5. The van der Waals surface area contributed by atoms with E-state index in [1.54, 1.807) is 35.0 Å². The molecule has 1 fully saturated rings. The predicted molar refractivity (Wildman–Crippen MR) is 97.5 cm³/mol. The molecule has 1 atom stereocenters. The summed E-state index contributed by atoms with van der Waals surface area (Å²) in [6, 6.07) is 6.70. The zero-order chi connectivity index (χ0) is 18.7. The van der Waals surface area contributed by atoms with Crippen LogP contribution in [0.5, 0.6) is 0 Å². The van der Waals surface area contributed by atoms with Crippen LogP contribution in [0.3, 0.4) is 0 Å². The molecule has 1 aliphatic rings. The highest BCUT2D eigenvalue weighted by molar-refractivity contribution is 7.91. The summed E-state index contributed by atoms with van der Waals surface area (Å²) in [4.78, 5) is 14.7. The molecular weight excluding hydrogens is 354 g/mol. The molecule has 8 heteroatoms. The summed E-state index contributed by atoms with van der Waals surface area (Å²) in [7, 11) is -1.57. The van der Waals surface area contributed by atoms with Gasteiger partial charge in [0.25, 0.3) is 5.91 Å². The van der Waals surface area contributed by atoms with Crippen LogP contribution in [-0.2, 0) is 27.7 Å². The minimum atomic E-state index is -3.19. The number of ether oxygens (including phenoxy) is 1. The van der Waals surface area contributed by atoms with E-state index in [2.05, 4.69) is 5.10 Å². The lowest BCUT2D eigenvalue weighted by atomic mass is 10.1. The van der Waals surface area contributed by atoms with E-state index in [0.717, 1.165) is 11.1 Å². The molecule has 0 radical (unpaired) electrons. The summed E-state index contributed by atoms with van der Waals surface area (Å²) in [5.41, 5.74) is 2.27. The van der Waals surface area contributed by atoms with Crippen molar-refractivity contribution in [2.45, 2.75) is 26.1 Å². The number of rotatable bonds is 5. The van der Waals surface area contributed by atoms with Gasteiger partial charge in [-0.2, -0.15) is 5.10 Å². The fraction of sp³-hybridized carbons (Fsp3) is 0.444. The second kappa shape index (κ2) is 7.59. The topological polar surface area (TPSA) is 81.5 Å². The van der Waals surface area contributed by atoms with Gasteiger partial charge in [0.1, 0.15) is 0 Å². The number of carbonyl (C=O) groups excluding carboxylic acids is 1. The van der Waals surface area contributed by atoms with E-state index in [1.807, 2.05) is 25.3 Å². The first kappa shape index (κ1) is 18.6. The lowest BCUT2D eigenvalue weighted by Crippen LogP contribution is -2.46. The number of hydrogen-bond donors (Lipinski definition) is 0. The molecule has 1 aromatic carbocycles. The van der Waals surface area contributed by atoms with Gasteiger partial charge in [0.2, 0.25) is 0 Å². The van der Waals surface area contributed by atoms with Gasteiger partial charge in [-0.3, -0.25) is 9.48 Å². The molecule has 2 heterocycles. The van der Waals surface area contributed by atoms with Crippen molar-refractivity contribution >= 4 is 15.7 Å². The summed E-state index contributed by atoms with van der Waals surface area (Å²) >= 11 is 0. The average Bonchev–Trinajstić information content (AvgIpc) is 3.10. The Kier molecular flexibility index (Phi) is 5.43. The first-order chi connectivity index (χ1) is 12.4. The van der Waals surface area contributed by atoms with E-state index in [9.17, 15) is 13.2 Å². The Bertz CT molecular complexity index is 874. The van der Waals surface area contributed by atoms with Crippen molar-refractivity contribution in [2.75, 3.05) is 25.2 Å². The number of nitrogens with zero attached hydrogens (tertiary/aromatic N) is 3. The van der Waals surface area contributed by atoms with Crippen LogP contribution in [0.25, 0.3) is 0 Å². The van der Waals surface area contributed by atoms with E-state index in [1.165, 1.54) is 0 Å². The third kappa shape index (κ3) is 3.96. The maximum absolute atomic E-state index is 13.0. The van der Waals surface area contributed by atoms with Gasteiger partial charge in [-0.15, -0.1) is 0 Å². The van der Waals surface area contributed by atoms with Crippen LogP contribution in [0.15, 0.2) is 36.7 Å². The Morgan fingerprint density at radius 2 is 2.04 bits per heavy atom. The molecule has 1 amide bonds. The first-order valence-corrected chi connectivity index (χ1v) is 10.4. The van der Waals surface area contributed by atoms with Crippen LogP contribution in [0.4, 0.5) is 0 Å². The molecule has 7 nitrogen and oxygen atoms in total. The van der Waals surface area contributed by atoms with E-state index < -0.39 is 15.9 Å². The second-order valence-corrected chi connectivity index (χ2v) is 8.62. The van der Waals surface area contributed by atoms with Gasteiger partial charge in [-0.1, -0.05) is 12.1 Å². The number of aryl methyl sites for hydroxylation is 1. The molecule has 1 aromatic heterocycles. The zero-order valence-electron chi connectivity index (χ0n) is 15.0. The Morgan fingerprint density at radius 3 is 2.65 bits per heavy atom. The second-order valence-electron chi connectivity index (χ2n) is 6.39. The molecule has 1 saturated heterocycles. The smallest absolute Gasteiger partial charge is 0.254 e. The van der Waals surface area contributed by atoms with Crippen LogP contribution >= 0.6 is 0 Å². The molecule has 140 valence electrons. The highest BCUT2D eigenvalue weighted by Gasteiger charge is 2.36. The number of sulfone groups is 1. The average molecular weight is 377 g/mol. The molecule has 0 saturated carbocycles. The molecule has 0 bridgehead atoms. The molecule has 3 rings (SSSR count). The van der Waals surface area contributed by atoms with E-state index in [-0.39, 0.29) is 24.0 Å². The van der Waals surface area contributed by atoms with Crippen molar-refractivity contribution in [3.63, 3.8) is 0 Å². The number of carbonyl (C=O) groups is 1. The van der Waals surface area contributed by atoms with Crippen molar-refractivity contribution in [3.05, 3.63) is 53.3 Å². The summed E-state index contributed by atoms with van der Waals surface area (Å²) in [6.45, 7) is 3.31. The molecule has 26 heavy (non-hydrogen) atoms. The normalized spacial score (nSPS) is 19.5. The first-order valence-electron chi connectivity index (χ1n) is 8.55. The lowest BCUT2D eigenvalue weighted by molar-refractivity contribution is 0.0697. The van der Waals surface area contributed by atoms with Crippen LogP contribution < -0.4 is 0 Å². The third-order valence-corrected chi connectivity index (χ3v) is 6.19. The Hall–Kier alpha value is -2.19. The number of amides is 1. The molecule has 0 aliphatic carbocycles. The van der Waals surface area contributed by atoms with Crippen LogP contribution in [0.2, 0.25) is 0 Å². The minimum Gasteiger partial charge on any atom is -0.380 e. The monoisotopic (exact) mass is 377 g/mol. The summed E-state index contributed by atoms with van der Waals surface area (Å²) in [5, 5.41) is 4.23. The minimum absolute atomic E-state index is 0.0150.